The van der Waals surface area contributed by atoms with Gasteiger partial charge < -0.3 is 20.1 Å². The van der Waals surface area contributed by atoms with E-state index >= 15 is 0 Å². The minimum Gasteiger partial charge on any atom is -0.480 e. The molecule has 1 fully saturated rings. The van der Waals surface area contributed by atoms with Gasteiger partial charge in [-0.15, -0.1) is 0 Å². The van der Waals surface area contributed by atoms with E-state index in [9.17, 15) is 22.8 Å². The predicted molar refractivity (Wildman–Crippen MR) is 62.3 cm³/mol. The van der Waals surface area contributed by atoms with Crippen molar-refractivity contribution in [3.8, 4) is 0 Å². The quantitative estimate of drug-likeness (QED) is 0.772. The first-order valence-corrected chi connectivity index (χ1v) is 6.04. The van der Waals surface area contributed by atoms with E-state index in [1.54, 1.807) is 0 Å². The summed E-state index contributed by atoms with van der Waals surface area (Å²) in [5.74, 6) is -1.51. The van der Waals surface area contributed by atoms with Gasteiger partial charge >= 0.3 is 18.2 Å². The molecule has 2 amide bonds. The number of urea groups is 1. The molecule has 2 N–H and O–H groups in total. The van der Waals surface area contributed by atoms with Crippen LogP contribution in [0.4, 0.5) is 18.0 Å². The van der Waals surface area contributed by atoms with Gasteiger partial charge in [-0.1, -0.05) is 0 Å². The van der Waals surface area contributed by atoms with Crippen molar-refractivity contribution in [3.63, 3.8) is 0 Å². The van der Waals surface area contributed by atoms with Gasteiger partial charge in [0.05, 0.1) is 5.60 Å². The molecule has 1 rings (SSSR count). The smallest absolute Gasteiger partial charge is 0.406 e. The van der Waals surface area contributed by atoms with E-state index in [1.807, 2.05) is 0 Å². The van der Waals surface area contributed by atoms with Crippen LogP contribution < -0.4 is 5.32 Å². The highest BCUT2D eigenvalue weighted by atomic mass is 19.4. The van der Waals surface area contributed by atoms with Crippen molar-refractivity contribution >= 4 is 12.0 Å². The maximum absolute atomic E-state index is 12.3. The average molecular weight is 298 g/mol. The maximum Gasteiger partial charge on any atom is 0.406 e. The monoisotopic (exact) mass is 298 g/mol. The van der Waals surface area contributed by atoms with E-state index in [-0.39, 0.29) is 11.4 Å². The highest BCUT2D eigenvalue weighted by molar-refractivity contribution is 5.80. The second kappa shape index (κ2) is 6.29. The van der Waals surface area contributed by atoms with Crippen LogP contribution in [0, 0.1) is 0 Å². The molecule has 9 heteroatoms. The zero-order valence-corrected chi connectivity index (χ0v) is 11.0. The zero-order chi connectivity index (χ0) is 15.4. The van der Waals surface area contributed by atoms with Crippen LogP contribution in [-0.4, -0.2) is 60.5 Å². The number of nitrogens with zero attached hydrogens (tertiary/aromatic N) is 1. The molecular weight excluding hydrogens is 281 g/mol. The van der Waals surface area contributed by atoms with Crippen molar-refractivity contribution in [2.45, 2.75) is 31.0 Å². The molecule has 1 aliphatic carbocycles. The van der Waals surface area contributed by atoms with Crippen molar-refractivity contribution in [1.82, 2.24) is 10.2 Å². The molecule has 0 aromatic heterocycles. The van der Waals surface area contributed by atoms with Gasteiger partial charge in [-0.25, -0.2) is 4.79 Å². The lowest BCUT2D eigenvalue weighted by Gasteiger charge is -2.40. The van der Waals surface area contributed by atoms with E-state index in [4.69, 9.17) is 9.84 Å². The lowest BCUT2D eigenvalue weighted by Crippen LogP contribution is -2.54. The Kier molecular flexibility index (Phi) is 5.21. The molecule has 0 saturated heterocycles. The number of halogens is 3. The summed E-state index contributed by atoms with van der Waals surface area (Å²) < 4.78 is 42.1. The SMILES string of the molecule is COC1(CNC(=O)N(CC(=O)O)CC(F)(F)F)CCC1. The lowest BCUT2D eigenvalue weighted by molar-refractivity contribution is -0.149. The highest BCUT2D eigenvalue weighted by Crippen LogP contribution is 2.34. The summed E-state index contributed by atoms with van der Waals surface area (Å²) in [6.45, 7) is -2.55. The first-order chi connectivity index (χ1) is 9.17. The zero-order valence-electron chi connectivity index (χ0n) is 11.0. The number of hydrogen-bond donors (Lipinski definition) is 2. The Balaban J connectivity index is 2.56. The van der Waals surface area contributed by atoms with Gasteiger partial charge in [-0.05, 0) is 19.3 Å². The number of nitrogens with one attached hydrogen (secondary N) is 1. The van der Waals surface area contributed by atoms with Crippen LogP contribution in [0.1, 0.15) is 19.3 Å². The van der Waals surface area contributed by atoms with E-state index < -0.39 is 36.9 Å². The number of carboxylic acid groups (broad SMARTS) is 1. The largest absolute Gasteiger partial charge is 0.480 e. The van der Waals surface area contributed by atoms with Crippen LogP contribution in [0.2, 0.25) is 0 Å². The number of aliphatic carboxylic acids is 1. The number of alkyl halides is 3. The van der Waals surface area contributed by atoms with Gasteiger partial charge in [0.1, 0.15) is 13.1 Å². The number of carbonyl (C=O) groups is 2. The van der Waals surface area contributed by atoms with Crippen molar-refractivity contribution in [3.05, 3.63) is 0 Å². The molecule has 0 aliphatic heterocycles. The summed E-state index contributed by atoms with van der Waals surface area (Å²) >= 11 is 0. The Morgan fingerprint density at radius 2 is 2.00 bits per heavy atom. The Morgan fingerprint density at radius 3 is 2.35 bits per heavy atom. The number of hydrogen-bond acceptors (Lipinski definition) is 3. The van der Waals surface area contributed by atoms with Crippen LogP contribution in [0.15, 0.2) is 0 Å². The number of ether oxygens (including phenoxy) is 1. The number of amides is 2. The Bertz CT molecular complexity index is 364. The van der Waals surface area contributed by atoms with Crippen LogP contribution in [0.5, 0.6) is 0 Å². The molecule has 20 heavy (non-hydrogen) atoms. The van der Waals surface area contributed by atoms with Crippen LogP contribution >= 0.6 is 0 Å². The highest BCUT2D eigenvalue weighted by Gasteiger charge is 2.39. The predicted octanol–water partition coefficient (Wildman–Crippen LogP) is 1.21. The fourth-order valence-corrected chi connectivity index (χ4v) is 1.95. The molecule has 0 radical (unpaired) electrons. The van der Waals surface area contributed by atoms with Gasteiger partial charge in [0.25, 0.3) is 0 Å². The van der Waals surface area contributed by atoms with Gasteiger partial charge in [-0.2, -0.15) is 13.2 Å². The fourth-order valence-electron chi connectivity index (χ4n) is 1.95. The third-order valence-corrected chi connectivity index (χ3v) is 3.24. The van der Waals surface area contributed by atoms with Crippen LogP contribution in [0.25, 0.3) is 0 Å². The maximum atomic E-state index is 12.3. The lowest BCUT2D eigenvalue weighted by atomic mass is 9.80. The van der Waals surface area contributed by atoms with E-state index in [0.29, 0.717) is 12.8 Å². The van der Waals surface area contributed by atoms with E-state index in [2.05, 4.69) is 5.32 Å². The first-order valence-electron chi connectivity index (χ1n) is 6.04. The van der Waals surface area contributed by atoms with Gasteiger partial charge in [0.15, 0.2) is 0 Å². The first kappa shape index (κ1) is 16.5. The minimum absolute atomic E-state index is 0.0658. The van der Waals surface area contributed by atoms with Crippen molar-refractivity contribution in [2.75, 3.05) is 26.7 Å². The van der Waals surface area contributed by atoms with Crippen molar-refractivity contribution in [1.29, 1.82) is 0 Å². The van der Waals surface area contributed by atoms with Gasteiger partial charge in [0, 0.05) is 13.7 Å². The number of rotatable bonds is 6. The second-order valence-electron chi connectivity index (χ2n) is 4.76. The number of carbonyl (C=O) groups excluding carboxylic acids is 1. The molecule has 0 bridgehead atoms. The molecule has 0 atom stereocenters. The van der Waals surface area contributed by atoms with E-state index in [1.165, 1.54) is 7.11 Å². The van der Waals surface area contributed by atoms with Crippen molar-refractivity contribution in [2.24, 2.45) is 0 Å². The number of methoxy groups -OCH3 is 1. The molecule has 1 saturated carbocycles. The Labute approximate surface area is 113 Å². The molecule has 0 heterocycles. The summed E-state index contributed by atoms with van der Waals surface area (Å²) in [4.78, 5) is 22.4. The summed E-state index contributed by atoms with van der Waals surface area (Å²) in [5.41, 5.74) is -0.539. The van der Waals surface area contributed by atoms with Crippen LogP contribution in [0.3, 0.4) is 0 Å². The molecule has 1 aliphatic rings. The molecule has 0 spiro atoms. The molecule has 0 aromatic carbocycles. The molecule has 116 valence electrons. The topological polar surface area (TPSA) is 78.9 Å². The third-order valence-electron chi connectivity index (χ3n) is 3.24. The minimum atomic E-state index is -4.65. The van der Waals surface area contributed by atoms with Crippen molar-refractivity contribution < 1.29 is 32.6 Å². The molecule has 0 aromatic rings. The van der Waals surface area contributed by atoms with Gasteiger partial charge in [0.2, 0.25) is 0 Å². The number of carboxylic acids is 1. The fraction of sp³-hybridized carbons (Fsp3) is 0.818. The van der Waals surface area contributed by atoms with E-state index in [0.717, 1.165) is 6.42 Å². The van der Waals surface area contributed by atoms with Gasteiger partial charge in [-0.3, -0.25) is 4.79 Å². The standard InChI is InChI=1S/C11H17F3N2O4/c1-20-10(3-2-4-10)6-15-9(19)16(5-8(17)18)7-11(12,13)14/h2-7H2,1H3,(H,15,19)(H,17,18). The molecule has 6 nitrogen and oxygen atoms in total. The molecule has 0 unspecified atom stereocenters. The molecular formula is C11H17F3N2O4. The summed E-state index contributed by atoms with van der Waals surface area (Å²) in [6.07, 6.45) is -2.31. The summed E-state index contributed by atoms with van der Waals surface area (Å²) in [7, 11) is 1.47. The second-order valence-corrected chi connectivity index (χ2v) is 4.76. The third kappa shape index (κ3) is 4.87. The summed E-state index contributed by atoms with van der Waals surface area (Å²) in [6, 6.07) is -1.06. The Morgan fingerprint density at radius 1 is 1.40 bits per heavy atom. The van der Waals surface area contributed by atoms with Crippen LogP contribution in [-0.2, 0) is 9.53 Å². The average Bonchev–Trinajstić information content (AvgIpc) is 2.24. The summed E-state index contributed by atoms with van der Waals surface area (Å²) in [5, 5.41) is 10.9. The Hall–Kier alpha value is -1.51. The normalized spacial score (nSPS) is 17.2.